The molecule has 666 valence electrons. The van der Waals surface area contributed by atoms with E-state index in [0.29, 0.717) is 69.2 Å². The van der Waals surface area contributed by atoms with E-state index in [4.69, 9.17) is 4.74 Å². The van der Waals surface area contributed by atoms with E-state index >= 15 is 0 Å². The summed E-state index contributed by atoms with van der Waals surface area (Å²) in [6, 6.07) is 60.9. The van der Waals surface area contributed by atoms with Gasteiger partial charge in [-0.05, 0) is 215 Å². The van der Waals surface area contributed by atoms with Crippen LogP contribution in [0, 0.1) is 51.9 Å². The Morgan fingerprint density at radius 1 is 0.537 bits per heavy atom. The molecule has 1 aromatic heterocycles. The zero-order chi connectivity index (χ0) is 93.4. The molecule has 0 saturated carbocycles. The Hall–Kier alpha value is -10.6. The fraction of sp³-hybridized carbons (Fsp3) is 0.438. The number of likely N-dealkylation sites (tertiary alicyclic amines) is 1. The number of aromatic hydroxyl groups is 3. The number of aliphatic hydroxyl groups is 1. The highest BCUT2D eigenvalue weighted by molar-refractivity contribution is 6.43. The van der Waals surface area contributed by atoms with E-state index in [2.05, 4.69) is 87.0 Å². The van der Waals surface area contributed by atoms with Gasteiger partial charge < -0.3 is 35.8 Å². The van der Waals surface area contributed by atoms with Gasteiger partial charge in [0, 0.05) is 46.6 Å². The largest absolute Gasteiger partial charge is 0.507 e. The average molecular weight is 1660 g/mol. The number of phenols is 3. The molecule has 1 unspecified atom stereocenters. The monoisotopic (exact) mass is 1660 g/mol. The van der Waals surface area contributed by atoms with Crippen LogP contribution in [0.1, 0.15) is 290 Å². The lowest BCUT2D eigenvalue weighted by Crippen LogP contribution is -2.58. The number of benzene rings is 8. The molecule has 1 atom stereocenters. The molecule has 9 aromatic rings. The number of aryl methyl sites for hydroxylation is 8. The van der Waals surface area contributed by atoms with E-state index in [0.717, 1.165) is 82.8 Å². The maximum atomic E-state index is 12.0. The SMILES string of the molecule is C=C(C)C(=O)CC.CC.CC.CC.CC.CC.CC.CC.CC.CC1CC(C)(C)N(C)C(C)(C)C1.CCCOC(O)C(C#N)=C(c1ccccc1)c1ccccc1.CCCc1ccc(O)c(-n2nc3c(n2)CCCC3)c1.Cc1cc(C)c(O)c(C)c1.Cc1ccc(C(=O)c2ccccc2O)cc1.Cc1ccc(NC(=O)C(=O)Nc2ccccc2)cc1. The van der Waals surface area contributed by atoms with Crippen molar-refractivity contribution in [1.29, 1.82) is 5.26 Å². The molecular weight excluding hydrogens is 1500 g/mol. The first-order chi connectivity index (χ1) is 57.9. The average Bonchev–Trinajstić information content (AvgIpc) is 1.32. The van der Waals surface area contributed by atoms with E-state index in [1.165, 1.54) is 42.9 Å². The number of aromatic nitrogens is 3. The molecule has 1 fully saturated rings. The predicted octanol–water partition coefficient (Wildman–Crippen LogP) is 27.0. The number of ketones is 2. The molecule has 1 saturated heterocycles. The van der Waals surface area contributed by atoms with Crippen molar-refractivity contribution in [2.24, 2.45) is 5.92 Å². The molecule has 16 nitrogen and oxygen atoms in total. The number of fused-ring (bicyclic) bond motifs is 1. The van der Waals surface area contributed by atoms with Gasteiger partial charge in [-0.1, -0.05) is 314 Å². The third-order valence-corrected chi connectivity index (χ3v) is 17.8. The highest BCUT2D eigenvalue weighted by Crippen LogP contribution is 2.40. The van der Waals surface area contributed by atoms with Crippen LogP contribution in [0.2, 0.25) is 0 Å². The maximum Gasteiger partial charge on any atom is 0.314 e. The smallest absolute Gasteiger partial charge is 0.314 e. The van der Waals surface area contributed by atoms with Gasteiger partial charge in [0.2, 0.25) is 0 Å². The standard InChI is InChI=1S/C19H19NO2.C15H19N3O.C15H14N2O2.C14H12O2.C11H23N.C9H12O.C6H10O.8C2H6/c1-2-13-22-19(21)17(14-20)18(15-9-5-3-6-10-15)16-11-7-4-8-12-16;1-2-5-11-8-9-15(19)14(10-11)18-16-12-6-3-4-7-13(12)17-18;1-11-7-9-13(10-8-11)17-15(19)14(18)16-12-5-3-2-4-6-12;1-10-6-8-11(9-7-10)14(16)12-4-2-3-5-13(12)15;1-9-7-10(2,3)12(6)11(4,5)8-9;1-6-4-7(2)9(10)8(3)5-6;1-4-6(7)5(2)3;8*1-2/h3-12,19,21H,2,13H2,1H3;8-10,19H,2-7H2,1H3;2-10H,1H3,(H,16,18)(H,17,19);2-9,15H,1H3;9H,7-8H2,1-6H3;4-5,10H,1-3H3;2,4H2,1,3H3;8*1-2H3. The lowest BCUT2D eigenvalue weighted by Gasteiger charge is -2.53. The van der Waals surface area contributed by atoms with Crippen molar-refractivity contribution in [3.63, 3.8) is 0 Å². The van der Waals surface area contributed by atoms with E-state index < -0.39 is 18.1 Å². The van der Waals surface area contributed by atoms with Gasteiger partial charge in [-0.25, -0.2) is 0 Å². The molecule has 0 spiro atoms. The highest BCUT2D eigenvalue weighted by Gasteiger charge is 2.41. The number of carbonyl (C=O) groups is 4. The minimum absolute atomic E-state index is 0.0214. The van der Waals surface area contributed by atoms with Crippen LogP contribution in [-0.4, -0.2) is 94.7 Å². The second-order valence-corrected chi connectivity index (χ2v) is 27.9. The first-order valence-corrected chi connectivity index (χ1v) is 44.1. The van der Waals surface area contributed by atoms with Crippen LogP contribution in [0.4, 0.5) is 11.4 Å². The normalized spacial score (nSPS) is 11.9. The number of allylic oxidation sites excluding steroid dienone is 1. The fourth-order valence-corrected chi connectivity index (χ4v) is 12.3. The minimum Gasteiger partial charge on any atom is -0.507 e. The number of rotatable bonds is 15. The highest BCUT2D eigenvalue weighted by atomic mass is 16.6. The molecule has 6 N–H and O–H groups in total. The zero-order valence-electron chi connectivity index (χ0n) is 80.2. The Morgan fingerprint density at radius 2 is 0.942 bits per heavy atom. The molecule has 121 heavy (non-hydrogen) atoms. The summed E-state index contributed by atoms with van der Waals surface area (Å²) in [5.74, 6) is 0.176. The summed E-state index contributed by atoms with van der Waals surface area (Å²) in [5.41, 5.74) is 15.6. The second kappa shape index (κ2) is 68.1. The number of Topliss-reactive ketones (excluding diaryl/α,β-unsaturated/α-hetero) is 1. The first-order valence-electron chi connectivity index (χ1n) is 44.1. The molecule has 2 heterocycles. The first kappa shape index (κ1) is 117. The van der Waals surface area contributed by atoms with Crippen LogP contribution in [0.3, 0.4) is 0 Å². The summed E-state index contributed by atoms with van der Waals surface area (Å²) >= 11 is 0. The number of ether oxygens (including phenoxy) is 1. The number of aliphatic hydroxyl groups excluding tert-OH is 1. The van der Waals surface area contributed by atoms with Crippen molar-refractivity contribution in [2.45, 2.75) is 289 Å². The molecule has 16 heteroatoms. The fourth-order valence-electron chi connectivity index (χ4n) is 12.3. The van der Waals surface area contributed by atoms with Gasteiger partial charge in [0.1, 0.15) is 29.0 Å². The Balaban J connectivity index is -0.000000653. The van der Waals surface area contributed by atoms with Crippen LogP contribution < -0.4 is 10.6 Å². The number of hydrogen-bond donors (Lipinski definition) is 6. The molecule has 1 aliphatic carbocycles. The van der Waals surface area contributed by atoms with Crippen molar-refractivity contribution in [2.75, 3.05) is 24.3 Å². The third kappa shape index (κ3) is 44.0. The van der Waals surface area contributed by atoms with Gasteiger partial charge in [-0.2, -0.15) is 15.5 Å². The van der Waals surface area contributed by atoms with Gasteiger partial charge in [0.15, 0.2) is 17.9 Å². The number of phenolic OH excluding ortho intramolecular Hbond substituents is 3. The molecule has 11 rings (SSSR count). The van der Waals surface area contributed by atoms with Crippen LogP contribution in [-0.2, 0) is 38.4 Å². The summed E-state index contributed by atoms with van der Waals surface area (Å²) in [6.45, 7) is 65.1. The molecule has 2 amide bonds. The van der Waals surface area contributed by atoms with Crippen LogP contribution in [0.5, 0.6) is 17.2 Å². The number of nitriles is 1. The van der Waals surface area contributed by atoms with Crippen molar-refractivity contribution < 1.29 is 44.3 Å². The Bertz CT molecular complexity index is 4230. The molecule has 1 aliphatic heterocycles. The molecular formula is C105H157N7O9. The lowest BCUT2D eigenvalue weighted by atomic mass is 9.75. The van der Waals surface area contributed by atoms with Crippen molar-refractivity contribution >= 4 is 40.3 Å². The van der Waals surface area contributed by atoms with E-state index in [-0.39, 0.29) is 28.6 Å². The lowest BCUT2D eigenvalue weighted by molar-refractivity contribution is -0.132. The van der Waals surface area contributed by atoms with E-state index in [9.17, 15) is 44.9 Å². The summed E-state index contributed by atoms with van der Waals surface area (Å²) < 4.78 is 5.34. The van der Waals surface area contributed by atoms with Gasteiger partial charge in [0.05, 0.1) is 22.5 Å². The van der Waals surface area contributed by atoms with Crippen LogP contribution in [0.25, 0.3) is 11.3 Å². The minimum atomic E-state index is -1.22. The zero-order valence-corrected chi connectivity index (χ0v) is 80.2. The Labute approximate surface area is 733 Å². The van der Waals surface area contributed by atoms with Gasteiger partial charge in [-0.15, -0.1) is 4.80 Å². The number of nitrogens with zero attached hydrogens (tertiary/aromatic N) is 5. The van der Waals surface area contributed by atoms with Crippen molar-refractivity contribution in [1.82, 2.24) is 19.9 Å². The number of para-hydroxylation sites is 2. The second-order valence-electron chi connectivity index (χ2n) is 27.9. The summed E-state index contributed by atoms with van der Waals surface area (Å²) in [5, 5.41) is 62.8. The summed E-state index contributed by atoms with van der Waals surface area (Å²) in [6.07, 6.45) is 9.27. The van der Waals surface area contributed by atoms with Gasteiger partial charge >= 0.3 is 11.8 Å². The number of amides is 2. The van der Waals surface area contributed by atoms with Crippen LogP contribution >= 0.6 is 0 Å². The number of piperidine rings is 1. The number of nitrogens with one attached hydrogen (secondary N) is 2. The molecule has 2 aliphatic rings. The van der Waals surface area contributed by atoms with Crippen molar-refractivity contribution in [3.8, 4) is 29.0 Å². The van der Waals surface area contributed by atoms with Gasteiger partial charge in [0.25, 0.3) is 0 Å². The summed E-state index contributed by atoms with van der Waals surface area (Å²) in [4.78, 5) is 49.9. The predicted molar refractivity (Wildman–Crippen MR) is 516 cm³/mol. The molecule has 8 aromatic carbocycles. The number of anilines is 2. The van der Waals surface area contributed by atoms with Gasteiger partial charge in [-0.3, -0.25) is 24.1 Å². The van der Waals surface area contributed by atoms with Crippen LogP contribution in [0.15, 0.2) is 212 Å². The summed E-state index contributed by atoms with van der Waals surface area (Å²) in [7, 11) is 2.26. The van der Waals surface area contributed by atoms with Crippen molar-refractivity contribution in [3.05, 3.63) is 279 Å². The number of hydrogen-bond acceptors (Lipinski definition) is 13. The topological polar surface area (TPSA) is 240 Å². The molecule has 0 bridgehead atoms. The quantitative estimate of drug-likeness (QED) is 0.0184. The Morgan fingerprint density at radius 3 is 1.33 bits per heavy atom. The third-order valence-electron chi connectivity index (χ3n) is 17.8. The Kier molecular flexibility index (Phi) is 65.7. The molecule has 0 radical (unpaired) electrons. The van der Waals surface area contributed by atoms with E-state index in [1.807, 2.05) is 275 Å². The maximum absolute atomic E-state index is 12.0. The number of carbonyl (C=O) groups excluding carboxylic acids is 4. The van der Waals surface area contributed by atoms with E-state index in [1.54, 1.807) is 84.5 Å².